The van der Waals surface area contributed by atoms with Crippen LogP contribution in [0.4, 0.5) is 0 Å². The van der Waals surface area contributed by atoms with E-state index in [1.807, 2.05) is 6.92 Å². The summed E-state index contributed by atoms with van der Waals surface area (Å²) in [6, 6.07) is 0. The molecule has 1 aliphatic heterocycles. The van der Waals surface area contributed by atoms with Gasteiger partial charge in [0, 0.05) is 6.08 Å². The average molecular weight is 189 g/mol. The maximum absolute atomic E-state index is 10.6. The second-order valence-electron chi connectivity index (χ2n) is 1.57. The third kappa shape index (κ3) is 1.21. The van der Waals surface area contributed by atoms with Gasteiger partial charge in [-0.1, -0.05) is 0 Å². The first-order valence-electron chi connectivity index (χ1n) is 2.49. The third-order valence-corrected chi connectivity index (χ3v) is 1.51. The van der Waals surface area contributed by atoms with Crippen molar-refractivity contribution < 1.29 is 9.53 Å². The maximum Gasteiger partial charge on any atom is 0.350 e. The van der Waals surface area contributed by atoms with Gasteiger partial charge in [0.25, 0.3) is 0 Å². The summed E-state index contributed by atoms with van der Waals surface area (Å²) >= 11 is 3.03. The normalized spacial score (nSPS) is 22.2. The number of rotatable bonds is 0. The molecule has 0 saturated carbocycles. The molecule has 0 atom stereocenters. The molecule has 0 radical (unpaired) electrons. The molecule has 0 fully saturated rings. The summed E-state index contributed by atoms with van der Waals surface area (Å²) in [5, 5.41) is 0. The van der Waals surface area contributed by atoms with E-state index in [1.165, 1.54) is 0 Å². The fourth-order valence-electron chi connectivity index (χ4n) is 0.511. The molecule has 0 saturated heterocycles. The van der Waals surface area contributed by atoms with Gasteiger partial charge in [0.15, 0.2) is 0 Å². The van der Waals surface area contributed by atoms with E-state index >= 15 is 0 Å². The molecule has 0 unspecified atom stereocenters. The van der Waals surface area contributed by atoms with Crippen LogP contribution in [0.1, 0.15) is 6.92 Å². The van der Waals surface area contributed by atoms with E-state index in [0.717, 1.165) is 0 Å². The maximum atomic E-state index is 10.6. The molecule has 0 bridgehead atoms. The summed E-state index contributed by atoms with van der Waals surface area (Å²) in [6.07, 6.45) is 3.37. The molecule has 0 N–H and O–H groups in total. The summed E-state index contributed by atoms with van der Waals surface area (Å²) in [5.74, 6) is 0.287. The molecule has 0 aliphatic carbocycles. The van der Waals surface area contributed by atoms with Crippen LogP contribution >= 0.6 is 15.9 Å². The molecule has 48 valence electrons. The number of esters is 1. The van der Waals surface area contributed by atoms with Crippen molar-refractivity contribution in [2.24, 2.45) is 0 Å². The van der Waals surface area contributed by atoms with Crippen LogP contribution in [-0.2, 0) is 9.53 Å². The molecule has 0 aromatic heterocycles. The van der Waals surface area contributed by atoms with E-state index in [9.17, 15) is 4.79 Å². The van der Waals surface area contributed by atoms with Crippen molar-refractivity contribution in [1.29, 1.82) is 0 Å². The zero-order chi connectivity index (χ0) is 6.85. The lowest BCUT2D eigenvalue weighted by Crippen LogP contribution is -1.92. The highest BCUT2D eigenvalue weighted by Crippen LogP contribution is 2.20. The van der Waals surface area contributed by atoms with E-state index in [1.54, 1.807) is 12.2 Å². The van der Waals surface area contributed by atoms with Crippen molar-refractivity contribution in [2.45, 2.75) is 6.92 Å². The number of ether oxygens (including phenoxy) is 1. The number of halogens is 1. The van der Waals surface area contributed by atoms with Crippen LogP contribution in [0.15, 0.2) is 22.4 Å². The van der Waals surface area contributed by atoms with Gasteiger partial charge in [-0.3, -0.25) is 0 Å². The van der Waals surface area contributed by atoms with Gasteiger partial charge in [0.1, 0.15) is 10.2 Å². The predicted octanol–water partition coefficient (Wildman–Crippen LogP) is 1.73. The molecule has 1 heterocycles. The monoisotopic (exact) mass is 188 g/mol. The van der Waals surface area contributed by atoms with Crippen LogP contribution in [-0.4, -0.2) is 5.97 Å². The molecule has 0 amide bonds. The SMILES string of the molecule is C/C=C1\C=C(Br)C(=O)O1. The number of hydrogen-bond donors (Lipinski definition) is 0. The highest BCUT2D eigenvalue weighted by Gasteiger charge is 2.16. The molecule has 2 nitrogen and oxygen atoms in total. The number of hydrogen-bond acceptors (Lipinski definition) is 2. The Kier molecular flexibility index (Phi) is 1.71. The second kappa shape index (κ2) is 2.35. The van der Waals surface area contributed by atoms with Crippen molar-refractivity contribution in [2.75, 3.05) is 0 Å². The van der Waals surface area contributed by atoms with Gasteiger partial charge in [-0.25, -0.2) is 4.79 Å². The first-order valence-corrected chi connectivity index (χ1v) is 3.29. The number of carbonyl (C=O) groups excluding carboxylic acids is 1. The van der Waals surface area contributed by atoms with E-state index < -0.39 is 0 Å². The van der Waals surface area contributed by atoms with Gasteiger partial charge >= 0.3 is 5.97 Å². The third-order valence-electron chi connectivity index (χ3n) is 0.959. The van der Waals surface area contributed by atoms with Crippen molar-refractivity contribution in [3.63, 3.8) is 0 Å². The lowest BCUT2D eigenvalue weighted by atomic mass is 10.4. The molecule has 3 heteroatoms. The lowest BCUT2D eigenvalue weighted by molar-refractivity contribution is -0.132. The highest BCUT2D eigenvalue weighted by atomic mass is 79.9. The largest absolute Gasteiger partial charge is 0.423 e. The number of allylic oxidation sites excluding steroid dienone is 2. The van der Waals surface area contributed by atoms with Gasteiger partial charge in [-0.15, -0.1) is 0 Å². The van der Waals surface area contributed by atoms with Crippen LogP contribution in [0.5, 0.6) is 0 Å². The van der Waals surface area contributed by atoms with E-state index in [2.05, 4.69) is 15.9 Å². The van der Waals surface area contributed by atoms with Crippen LogP contribution in [0.25, 0.3) is 0 Å². The number of cyclic esters (lactones) is 1. The Hall–Kier alpha value is -0.570. The topological polar surface area (TPSA) is 26.3 Å². The van der Waals surface area contributed by atoms with Crippen molar-refractivity contribution >= 4 is 21.9 Å². The molecule has 0 aromatic rings. The molecule has 1 aliphatic rings. The van der Waals surface area contributed by atoms with Crippen LogP contribution in [0, 0.1) is 0 Å². The number of carbonyl (C=O) groups is 1. The highest BCUT2D eigenvalue weighted by molar-refractivity contribution is 9.12. The fraction of sp³-hybridized carbons (Fsp3) is 0.167. The first kappa shape index (κ1) is 6.55. The Bertz CT molecular complexity index is 203. The minimum Gasteiger partial charge on any atom is -0.423 e. The fourth-order valence-corrected chi connectivity index (χ4v) is 0.818. The van der Waals surface area contributed by atoms with Gasteiger partial charge in [0.2, 0.25) is 0 Å². The quantitative estimate of drug-likeness (QED) is 0.542. The average Bonchev–Trinajstić information content (AvgIpc) is 2.13. The van der Waals surface area contributed by atoms with Gasteiger partial charge in [-0.05, 0) is 28.9 Å². The zero-order valence-electron chi connectivity index (χ0n) is 4.85. The summed E-state index contributed by atoms with van der Waals surface area (Å²) < 4.78 is 5.19. The molecule has 0 aromatic carbocycles. The summed E-state index contributed by atoms with van der Waals surface area (Å²) in [6.45, 7) is 1.81. The molecule has 0 spiro atoms. The Morgan fingerprint density at radius 2 is 2.44 bits per heavy atom. The standard InChI is InChI=1S/C6H5BrO2/c1-2-4-3-5(7)6(8)9-4/h2-3H,1H3/b4-2+. The molecular formula is C6H5BrO2. The van der Waals surface area contributed by atoms with E-state index in [4.69, 9.17) is 4.74 Å². The Morgan fingerprint density at radius 1 is 1.78 bits per heavy atom. The van der Waals surface area contributed by atoms with Gasteiger partial charge in [0.05, 0.1) is 0 Å². The smallest absolute Gasteiger partial charge is 0.350 e. The van der Waals surface area contributed by atoms with Gasteiger partial charge in [-0.2, -0.15) is 0 Å². The Labute approximate surface area is 61.3 Å². The molecule has 1 rings (SSSR count). The van der Waals surface area contributed by atoms with E-state index in [0.29, 0.717) is 10.2 Å². The summed E-state index contributed by atoms with van der Waals surface area (Å²) in [4.78, 5) is 10.6. The Balaban J connectivity index is 2.86. The van der Waals surface area contributed by atoms with Crippen LogP contribution in [0.2, 0.25) is 0 Å². The Morgan fingerprint density at radius 3 is 2.67 bits per heavy atom. The minimum atomic E-state index is -0.317. The summed E-state index contributed by atoms with van der Waals surface area (Å²) in [5.41, 5.74) is 0. The summed E-state index contributed by atoms with van der Waals surface area (Å²) in [7, 11) is 0. The van der Waals surface area contributed by atoms with E-state index in [-0.39, 0.29) is 5.97 Å². The van der Waals surface area contributed by atoms with Crippen molar-refractivity contribution in [3.8, 4) is 0 Å². The molecule has 9 heavy (non-hydrogen) atoms. The minimum absolute atomic E-state index is 0.317. The van der Waals surface area contributed by atoms with Crippen LogP contribution in [0.3, 0.4) is 0 Å². The van der Waals surface area contributed by atoms with Gasteiger partial charge < -0.3 is 4.74 Å². The molecular weight excluding hydrogens is 184 g/mol. The van der Waals surface area contributed by atoms with Crippen molar-refractivity contribution in [3.05, 3.63) is 22.4 Å². The zero-order valence-corrected chi connectivity index (χ0v) is 6.44. The van der Waals surface area contributed by atoms with Crippen LogP contribution < -0.4 is 0 Å². The second-order valence-corrected chi connectivity index (χ2v) is 2.43. The van der Waals surface area contributed by atoms with Crippen molar-refractivity contribution in [1.82, 2.24) is 0 Å². The predicted molar refractivity (Wildman–Crippen MR) is 36.9 cm³/mol. The lowest BCUT2D eigenvalue weighted by Gasteiger charge is -1.89. The first-order chi connectivity index (χ1) is 4.24.